The molecule has 3 aromatic heterocycles. The number of nitrogens with one attached hydrogen (secondary N) is 2. The zero-order valence-electron chi connectivity index (χ0n) is 16.9. The maximum atomic E-state index is 15.4. The molecule has 0 fully saturated rings. The number of alkyl halides is 3. The predicted molar refractivity (Wildman–Crippen MR) is 117 cm³/mol. The average molecular weight is 449 g/mol. The summed E-state index contributed by atoms with van der Waals surface area (Å²) in [6.07, 6.45) is 0.187. The molecule has 3 heterocycles. The van der Waals surface area contributed by atoms with Crippen molar-refractivity contribution >= 4 is 22.5 Å². The Balaban J connectivity index is 1.56. The van der Waals surface area contributed by atoms with Gasteiger partial charge in [0.15, 0.2) is 5.82 Å². The van der Waals surface area contributed by atoms with E-state index in [9.17, 15) is 13.2 Å². The first-order valence-electron chi connectivity index (χ1n) is 9.88. The summed E-state index contributed by atoms with van der Waals surface area (Å²) < 4.78 is 54.8. The SMILES string of the molecule is Fc1c(Nc2ncccc2-c2ncnc3[nH]ccc23)cccc1-c1cccc(C(F)(F)F)c1. The van der Waals surface area contributed by atoms with E-state index >= 15 is 4.39 Å². The van der Waals surface area contributed by atoms with E-state index in [1.165, 1.54) is 30.6 Å². The Morgan fingerprint density at radius 1 is 0.848 bits per heavy atom. The highest BCUT2D eigenvalue weighted by molar-refractivity contribution is 5.94. The van der Waals surface area contributed by atoms with Crippen LogP contribution in [-0.2, 0) is 6.18 Å². The van der Waals surface area contributed by atoms with E-state index in [0.29, 0.717) is 22.7 Å². The van der Waals surface area contributed by atoms with Crippen LogP contribution in [0.15, 0.2) is 79.4 Å². The van der Waals surface area contributed by atoms with Crippen LogP contribution in [0.5, 0.6) is 0 Å². The van der Waals surface area contributed by atoms with E-state index in [0.717, 1.165) is 17.5 Å². The topological polar surface area (TPSA) is 66.5 Å². The van der Waals surface area contributed by atoms with Crippen LogP contribution >= 0.6 is 0 Å². The minimum Gasteiger partial charge on any atom is -0.346 e. The molecular weight excluding hydrogens is 434 g/mol. The molecule has 33 heavy (non-hydrogen) atoms. The monoisotopic (exact) mass is 449 g/mol. The smallest absolute Gasteiger partial charge is 0.346 e. The lowest BCUT2D eigenvalue weighted by Gasteiger charge is -2.14. The molecule has 0 saturated carbocycles. The Kier molecular flexibility index (Phi) is 5.01. The first-order valence-corrected chi connectivity index (χ1v) is 9.88. The molecule has 2 N–H and O–H groups in total. The quantitative estimate of drug-likeness (QED) is 0.304. The maximum Gasteiger partial charge on any atom is 0.416 e. The molecule has 0 aliphatic rings. The number of aromatic nitrogens is 4. The summed E-state index contributed by atoms with van der Waals surface area (Å²) in [5, 5.41) is 3.74. The van der Waals surface area contributed by atoms with E-state index in [-0.39, 0.29) is 16.8 Å². The third-order valence-corrected chi connectivity index (χ3v) is 5.17. The normalized spacial score (nSPS) is 11.6. The van der Waals surface area contributed by atoms with Crippen molar-refractivity contribution in [1.82, 2.24) is 19.9 Å². The van der Waals surface area contributed by atoms with Gasteiger partial charge in [0.1, 0.15) is 17.8 Å². The predicted octanol–water partition coefficient (Wildman–Crippen LogP) is 6.59. The fraction of sp³-hybridized carbons (Fsp3) is 0.0417. The summed E-state index contributed by atoms with van der Waals surface area (Å²) in [6.45, 7) is 0. The van der Waals surface area contributed by atoms with Crippen molar-refractivity contribution in [2.75, 3.05) is 5.32 Å². The van der Waals surface area contributed by atoms with Gasteiger partial charge in [-0.25, -0.2) is 19.3 Å². The Morgan fingerprint density at radius 3 is 2.52 bits per heavy atom. The lowest BCUT2D eigenvalue weighted by molar-refractivity contribution is -0.137. The molecule has 0 unspecified atom stereocenters. The van der Waals surface area contributed by atoms with E-state index < -0.39 is 17.6 Å². The minimum absolute atomic E-state index is 0.0404. The van der Waals surface area contributed by atoms with Crippen molar-refractivity contribution in [3.8, 4) is 22.4 Å². The van der Waals surface area contributed by atoms with Crippen LogP contribution in [0.2, 0.25) is 0 Å². The van der Waals surface area contributed by atoms with Crippen LogP contribution in [0, 0.1) is 5.82 Å². The summed E-state index contributed by atoms with van der Waals surface area (Å²) in [4.78, 5) is 15.9. The first kappa shape index (κ1) is 20.6. The van der Waals surface area contributed by atoms with Crippen molar-refractivity contribution in [2.45, 2.75) is 6.18 Å². The number of hydrogen-bond donors (Lipinski definition) is 2. The highest BCUT2D eigenvalue weighted by Crippen LogP contribution is 2.36. The highest BCUT2D eigenvalue weighted by Gasteiger charge is 2.30. The molecule has 0 aliphatic carbocycles. The van der Waals surface area contributed by atoms with Gasteiger partial charge in [0, 0.05) is 28.9 Å². The second-order valence-electron chi connectivity index (χ2n) is 7.23. The molecule has 5 nitrogen and oxygen atoms in total. The van der Waals surface area contributed by atoms with Gasteiger partial charge in [0.2, 0.25) is 0 Å². The van der Waals surface area contributed by atoms with Crippen LogP contribution in [0.3, 0.4) is 0 Å². The lowest BCUT2D eigenvalue weighted by Crippen LogP contribution is -2.05. The van der Waals surface area contributed by atoms with Crippen molar-refractivity contribution in [1.29, 1.82) is 0 Å². The number of hydrogen-bond acceptors (Lipinski definition) is 4. The third kappa shape index (κ3) is 3.89. The Labute approximate surface area is 185 Å². The standard InChI is InChI=1S/C24H15F4N5/c25-20-16(14-4-1-5-15(12-14)24(26,27)28)6-2-8-19(20)33-23-17(7-3-10-29-23)21-18-9-11-30-22(18)32-13-31-21/h1-13H,(H,29,33)(H,30,31,32). The molecule has 0 bridgehead atoms. The molecule has 0 radical (unpaired) electrons. The van der Waals surface area contributed by atoms with Crippen molar-refractivity contribution in [3.63, 3.8) is 0 Å². The number of fused-ring (bicyclic) bond motifs is 1. The van der Waals surface area contributed by atoms with Crippen LogP contribution in [0.4, 0.5) is 29.1 Å². The molecule has 0 spiro atoms. The van der Waals surface area contributed by atoms with Gasteiger partial charge >= 0.3 is 6.18 Å². The number of aromatic amines is 1. The maximum absolute atomic E-state index is 15.4. The Bertz CT molecular complexity index is 1460. The second-order valence-corrected chi connectivity index (χ2v) is 7.23. The number of halogens is 4. The number of anilines is 2. The van der Waals surface area contributed by atoms with Gasteiger partial charge in [0.05, 0.1) is 16.9 Å². The molecule has 0 saturated heterocycles. The minimum atomic E-state index is -4.52. The van der Waals surface area contributed by atoms with E-state index in [2.05, 4.69) is 25.3 Å². The van der Waals surface area contributed by atoms with Gasteiger partial charge in [-0.1, -0.05) is 24.3 Å². The van der Waals surface area contributed by atoms with Crippen molar-refractivity contribution in [2.24, 2.45) is 0 Å². The summed E-state index contributed by atoms with van der Waals surface area (Å²) in [5.74, 6) is -0.346. The molecule has 0 aliphatic heterocycles. The number of rotatable bonds is 4. The highest BCUT2D eigenvalue weighted by atomic mass is 19.4. The largest absolute Gasteiger partial charge is 0.416 e. The summed E-state index contributed by atoms with van der Waals surface area (Å²) in [5.41, 5.74) is 1.26. The van der Waals surface area contributed by atoms with Crippen molar-refractivity contribution in [3.05, 3.63) is 90.8 Å². The van der Waals surface area contributed by atoms with Gasteiger partial charge in [-0.15, -0.1) is 0 Å². The van der Waals surface area contributed by atoms with Gasteiger partial charge in [-0.05, 0) is 42.0 Å². The molecular formula is C24H15F4N5. The molecule has 2 aromatic carbocycles. The average Bonchev–Trinajstić information content (AvgIpc) is 3.30. The van der Waals surface area contributed by atoms with Crippen LogP contribution in [0.1, 0.15) is 5.56 Å². The molecule has 9 heteroatoms. The third-order valence-electron chi connectivity index (χ3n) is 5.17. The number of nitrogens with zero attached hydrogens (tertiary/aromatic N) is 3. The fourth-order valence-corrected chi connectivity index (χ4v) is 3.63. The van der Waals surface area contributed by atoms with Crippen LogP contribution in [0.25, 0.3) is 33.4 Å². The van der Waals surface area contributed by atoms with Crippen LogP contribution < -0.4 is 5.32 Å². The molecule has 164 valence electrons. The van der Waals surface area contributed by atoms with E-state index in [1.807, 2.05) is 6.07 Å². The van der Waals surface area contributed by atoms with Gasteiger partial charge in [-0.2, -0.15) is 13.2 Å². The van der Waals surface area contributed by atoms with Crippen molar-refractivity contribution < 1.29 is 17.6 Å². The molecule has 5 aromatic rings. The first-order chi connectivity index (χ1) is 15.9. The molecule has 5 rings (SSSR count). The van der Waals surface area contributed by atoms with Gasteiger partial charge in [0.25, 0.3) is 0 Å². The number of benzene rings is 2. The summed E-state index contributed by atoms with van der Waals surface area (Å²) in [7, 11) is 0. The van der Waals surface area contributed by atoms with Crippen LogP contribution in [-0.4, -0.2) is 19.9 Å². The summed E-state index contributed by atoms with van der Waals surface area (Å²) >= 11 is 0. The Morgan fingerprint density at radius 2 is 1.67 bits per heavy atom. The zero-order chi connectivity index (χ0) is 23.0. The zero-order valence-corrected chi connectivity index (χ0v) is 16.9. The Hall–Kier alpha value is -4.27. The summed E-state index contributed by atoms with van der Waals surface area (Å²) in [6, 6.07) is 14.4. The van der Waals surface area contributed by atoms with E-state index in [1.54, 1.807) is 30.6 Å². The second kappa shape index (κ2) is 8.01. The molecule has 0 atom stereocenters. The lowest BCUT2D eigenvalue weighted by atomic mass is 10.0. The van der Waals surface area contributed by atoms with Gasteiger partial charge in [-0.3, -0.25) is 0 Å². The number of pyridine rings is 1. The molecule has 0 amide bonds. The number of H-pyrrole nitrogens is 1. The van der Waals surface area contributed by atoms with E-state index in [4.69, 9.17) is 0 Å². The van der Waals surface area contributed by atoms with Gasteiger partial charge < -0.3 is 10.3 Å². The fourth-order valence-electron chi connectivity index (χ4n) is 3.63.